The molecule has 0 aromatic heterocycles. The maximum atomic E-state index is 13.4. The van der Waals surface area contributed by atoms with Crippen LogP contribution in [0.3, 0.4) is 0 Å². The lowest BCUT2D eigenvalue weighted by molar-refractivity contribution is -0.142. The molecule has 3 aromatic rings. The lowest BCUT2D eigenvalue weighted by Crippen LogP contribution is -2.50. The summed E-state index contributed by atoms with van der Waals surface area (Å²) in [7, 11) is 0. The number of hydrogen-bond acceptors (Lipinski definition) is 3. The van der Waals surface area contributed by atoms with E-state index in [2.05, 4.69) is 0 Å². The van der Waals surface area contributed by atoms with Crippen molar-refractivity contribution in [2.75, 3.05) is 24.6 Å². The minimum absolute atomic E-state index is 0.328. The van der Waals surface area contributed by atoms with Gasteiger partial charge in [0, 0.05) is 30.8 Å². The van der Waals surface area contributed by atoms with E-state index in [1.54, 1.807) is 18.2 Å². The molecular formula is C25H22F3NO3. The first-order valence-corrected chi connectivity index (χ1v) is 10.3. The van der Waals surface area contributed by atoms with Crippen LogP contribution in [-0.2, 0) is 17.4 Å². The Balaban J connectivity index is 1.59. The molecule has 1 aliphatic rings. The minimum Gasteiger partial charge on any atom is -0.493 e. The van der Waals surface area contributed by atoms with Gasteiger partial charge in [-0.2, -0.15) is 13.2 Å². The summed E-state index contributed by atoms with van der Waals surface area (Å²) in [5.41, 5.74) is 2.04. The smallest absolute Gasteiger partial charge is 0.416 e. The van der Waals surface area contributed by atoms with Crippen LogP contribution in [0.25, 0.3) is 11.1 Å². The van der Waals surface area contributed by atoms with Crippen LogP contribution in [-0.4, -0.2) is 30.8 Å². The van der Waals surface area contributed by atoms with Gasteiger partial charge >= 0.3 is 12.1 Å². The number of anilines is 1. The van der Waals surface area contributed by atoms with Crippen molar-refractivity contribution in [3.8, 4) is 16.9 Å². The van der Waals surface area contributed by atoms with Gasteiger partial charge in [-0.3, -0.25) is 4.79 Å². The number of aliphatic carboxylic acids is 1. The van der Waals surface area contributed by atoms with E-state index in [0.29, 0.717) is 43.0 Å². The number of ether oxygens (including phenoxy) is 1. The van der Waals surface area contributed by atoms with E-state index in [4.69, 9.17) is 9.84 Å². The first-order chi connectivity index (χ1) is 15.3. The van der Waals surface area contributed by atoms with E-state index in [0.717, 1.165) is 23.4 Å². The maximum absolute atomic E-state index is 13.4. The van der Waals surface area contributed by atoms with Crippen LogP contribution < -0.4 is 9.64 Å². The molecular weight excluding hydrogens is 419 g/mol. The number of nitrogens with zero attached hydrogens (tertiary/aromatic N) is 1. The first-order valence-electron chi connectivity index (χ1n) is 10.3. The Hall–Kier alpha value is -3.48. The van der Waals surface area contributed by atoms with Gasteiger partial charge in [-0.05, 0) is 41.5 Å². The Morgan fingerprint density at radius 3 is 2.44 bits per heavy atom. The molecule has 1 saturated heterocycles. The molecule has 1 fully saturated rings. The van der Waals surface area contributed by atoms with Crippen LogP contribution in [0.2, 0.25) is 0 Å². The molecule has 166 valence electrons. The Morgan fingerprint density at radius 1 is 1.00 bits per heavy atom. The van der Waals surface area contributed by atoms with E-state index in [9.17, 15) is 18.0 Å². The van der Waals surface area contributed by atoms with Gasteiger partial charge in [-0.15, -0.1) is 0 Å². The molecule has 7 heteroatoms. The van der Waals surface area contributed by atoms with Gasteiger partial charge in [0.15, 0.2) is 0 Å². The highest BCUT2D eigenvalue weighted by atomic mass is 19.4. The largest absolute Gasteiger partial charge is 0.493 e. The highest BCUT2D eigenvalue weighted by molar-refractivity contribution is 5.77. The number of carbonyl (C=O) groups is 1. The van der Waals surface area contributed by atoms with Crippen molar-refractivity contribution in [3.63, 3.8) is 0 Å². The third-order valence-electron chi connectivity index (χ3n) is 5.55. The van der Waals surface area contributed by atoms with Crippen LogP contribution >= 0.6 is 0 Å². The lowest BCUT2D eigenvalue weighted by Gasteiger charge is -2.38. The van der Waals surface area contributed by atoms with Crippen molar-refractivity contribution in [3.05, 3.63) is 83.9 Å². The fraction of sp³-hybridized carbons (Fsp3) is 0.240. The molecule has 0 unspecified atom stereocenters. The Kier molecular flexibility index (Phi) is 6.08. The summed E-state index contributed by atoms with van der Waals surface area (Å²) in [6.07, 6.45) is -3.84. The Labute approximate surface area is 183 Å². The zero-order valence-corrected chi connectivity index (χ0v) is 17.2. The van der Waals surface area contributed by atoms with Gasteiger partial charge in [0.25, 0.3) is 0 Å². The van der Waals surface area contributed by atoms with Gasteiger partial charge in [0.1, 0.15) is 5.75 Å². The number of alkyl halides is 3. The summed E-state index contributed by atoms with van der Waals surface area (Å²) >= 11 is 0. The number of carboxylic acid groups (broad SMARTS) is 1. The van der Waals surface area contributed by atoms with Gasteiger partial charge in [-0.1, -0.05) is 42.5 Å². The van der Waals surface area contributed by atoms with E-state index < -0.39 is 23.6 Å². The molecule has 4 nitrogen and oxygen atoms in total. The second-order valence-corrected chi connectivity index (χ2v) is 7.78. The molecule has 0 aliphatic carbocycles. The van der Waals surface area contributed by atoms with Crippen LogP contribution in [0.15, 0.2) is 72.8 Å². The molecule has 1 aliphatic heterocycles. The molecule has 3 aromatic carbocycles. The van der Waals surface area contributed by atoms with E-state index in [1.807, 2.05) is 41.3 Å². The number of hydrogen-bond donors (Lipinski definition) is 1. The second kappa shape index (κ2) is 8.94. The lowest BCUT2D eigenvalue weighted by atomic mass is 9.97. The van der Waals surface area contributed by atoms with Crippen molar-refractivity contribution in [2.45, 2.75) is 12.6 Å². The number of benzene rings is 3. The molecule has 0 spiro atoms. The van der Waals surface area contributed by atoms with Crippen molar-refractivity contribution >= 4 is 11.7 Å². The van der Waals surface area contributed by atoms with Crippen LogP contribution in [0, 0.1) is 5.92 Å². The fourth-order valence-electron chi connectivity index (χ4n) is 3.70. The standard InChI is InChI=1S/C25H22F3NO3/c26-25(27,28)20-9-10-23(32-12-11-17-5-2-1-3-6-17)22(14-20)18-7-4-8-21(13-18)29-15-19(16-29)24(30)31/h1-10,13-14,19H,11-12,15-16H2,(H,30,31). The molecule has 0 amide bonds. The summed E-state index contributed by atoms with van der Waals surface area (Å²) in [6.45, 7) is 1.08. The monoisotopic (exact) mass is 441 g/mol. The zero-order chi connectivity index (χ0) is 22.7. The summed E-state index contributed by atoms with van der Waals surface area (Å²) in [5.74, 6) is -0.897. The van der Waals surface area contributed by atoms with Crippen LogP contribution in [0.4, 0.5) is 18.9 Å². The molecule has 1 heterocycles. The average molecular weight is 441 g/mol. The quantitative estimate of drug-likeness (QED) is 0.525. The number of halogens is 3. The molecule has 32 heavy (non-hydrogen) atoms. The van der Waals surface area contributed by atoms with Crippen molar-refractivity contribution < 1.29 is 27.8 Å². The van der Waals surface area contributed by atoms with Gasteiger partial charge in [-0.25, -0.2) is 0 Å². The predicted molar refractivity (Wildman–Crippen MR) is 116 cm³/mol. The first kappa shape index (κ1) is 21.7. The molecule has 0 radical (unpaired) electrons. The van der Waals surface area contributed by atoms with Crippen molar-refractivity contribution in [2.24, 2.45) is 5.92 Å². The number of carboxylic acids is 1. The second-order valence-electron chi connectivity index (χ2n) is 7.78. The maximum Gasteiger partial charge on any atom is 0.416 e. The van der Waals surface area contributed by atoms with E-state index in [1.165, 1.54) is 6.07 Å². The van der Waals surface area contributed by atoms with Gasteiger partial charge in [0.05, 0.1) is 18.1 Å². The highest BCUT2D eigenvalue weighted by Crippen LogP contribution is 2.39. The average Bonchev–Trinajstić information content (AvgIpc) is 2.73. The van der Waals surface area contributed by atoms with Crippen LogP contribution in [0.1, 0.15) is 11.1 Å². The fourth-order valence-corrected chi connectivity index (χ4v) is 3.70. The predicted octanol–water partition coefficient (Wildman–Crippen LogP) is 5.51. The minimum atomic E-state index is -4.47. The third-order valence-corrected chi connectivity index (χ3v) is 5.55. The summed E-state index contributed by atoms with van der Waals surface area (Å²) in [6, 6.07) is 20.3. The molecule has 4 rings (SSSR count). The van der Waals surface area contributed by atoms with E-state index >= 15 is 0 Å². The summed E-state index contributed by atoms with van der Waals surface area (Å²) in [5, 5.41) is 9.09. The zero-order valence-electron chi connectivity index (χ0n) is 17.2. The highest BCUT2D eigenvalue weighted by Gasteiger charge is 2.33. The summed E-state index contributed by atoms with van der Waals surface area (Å²) in [4.78, 5) is 13.0. The van der Waals surface area contributed by atoms with Gasteiger partial charge < -0.3 is 14.7 Å². The SMILES string of the molecule is O=C(O)C1CN(c2cccc(-c3cc(C(F)(F)F)ccc3OCCc3ccccc3)c2)C1. The van der Waals surface area contributed by atoms with Crippen molar-refractivity contribution in [1.82, 2.24) is 0 Å². The Morgan fingerprint density at radius 2 is 1.75 bits per heavy atom. The Bertz CT molecular complexity index is 1090. The normalized spacial score (nSPS) is 14.2. The van der Waals surface area contributed by atoms with Crippen molar-refractivity contribution in [1.29, 1.82) is 0 Å². The summed E-state index contributed by atoms with van der Waals surface area (Å²) < 4.78 is 46.0. The molecule has 0 bridgehead atoms. The number of rotatable bonds is 7. The third kappa shape index (κ3) is 4.88. The van der Waals surface area contributed by atoms with Gasteiger partial charge in [0.2, 0.25) is 0 Å². The molecule has 0 saturated carbocycles. The molecule has 0 atom stereocenters. The topological polar surface area (TPSA) is 49.8 Å². The van der Waals surface area contributed by atoms with E-state index in [-0.39, 0.29) is 0 Å². The molecule has 1 N–H and O–H groups in total. The van der Waals surface area contributed by atoms with Crippen LogP contribution in [0.5, 0.6) is 5.75 Å².